The number of para-hydroxylation sites is 1. The van der Waals surface area contributed by atoms with Crippen molar-refractivity contribution < 1.29 is 22.7 Å². The van der Waals surface area contributed by atoms with Gasteiger partial charge < -0.3 is 24.5 Å². The van der Waals surface area contributed by atoms with Gasteiger partial charge in [-0.15, -0.1) is 24.0 Å². The molecule has 9 heteroatoms. The number of furan rings is 1. The highest BCUT2D eigenvalue weighted by molar-refractivity contribution is 14.0. The third-order valence-corrected chi connectivity index (χ3v) is 3.33. The minimum Gasteiger partial charge on any atom is -0.490 e. The normalized spacial score (nSPS) is 11.1. The number of aliphatic imine (C=N–C) groups is 1. The van der Waals surface area contributed by atoms with Crippen molar-refractivity contribution in [1.82, 2.24) is 10.6 Å². The van der Waals surface area contributed by atoms with Crippen LogP contribution in [0.15, 0.2) is 46.0 Å². The minimum absolute atomic E-state index is 0. The maximum atomic E-state index is 12.8. The first-order valence-electron chi connectivity index (χ1n) is 8.38. The smallest absolute Gasteiger partial charge is 0.387 e. The number of guanidine groups is 1. The summed E-state index contributed by atoms with van der Waals surface area (Å²) in [6, 6.07) is 8.64. The fraction of sp³-hybridized carbons (Fsp3) is 0.389. The van der Waals surface area contributed by atoms with Gasteiger partial charge in [0.2, 0.25) is 0 Å². The number of halogens is 3. The Morgan fingerprint density at radius 1 is 1.19 bits per heavy atom. The molecule has 0 saturated carbocycles. The topological polar surface area (TPSA) is 68.0 Å². The Bertz CT molecular complexity index is 697. The lowest BCUT2D eigenvalue weighted by molar-refractivity contribution is -0.0520. The summed E-state index contributed by atoms with van der Waals surface area (Å²) in [6.07, 6.45) is 1.59. The second-order valence-electron chi connectivity index (χ2n) is 5.18. The summed E-state index contributed by atoms with van der Waals surface area (Å²) in [4.78, 5) is 4.42. The van der Waals surface area contributed by atoms with Gasteiger partial charge in [0.05, 0.1) is 26.0 Å². The van der Waals surface area contributed by atoms with Crippen molar-refractivity contribution in [3.63, 3.8) is 0 Å². The van der Waals surface area contributed by atoms with Crippen LogP contribution in [-0.2, 0) is 13.1 Å². The van der Waals surface area contributed by atoms with Crippen LogP contribution in [0.3, 0.4) is 0 Å². The van der Waals surface area contributed by atoms with E-state index in [-0.39, 0.29) is 42.0 Å². The lowest BCUT2D eigenvalue weighted by Crippen LogP contribution is -2.36. The Hall–Kier alpha value is -2.04. The quantitative estimate of drug-likeness (QED) is 0.311. The van der Waals surface area contributed by atoms with Gasteiger partial charge in [-0.1, -0.05) is 12.1 Å². The van der Waals surface area contributed by atoms with E-state index in [0.29, 0.717) is 31.2 Å². The molecule has 150 valence electrons. The average Bonchev–Trinajstić information content (AvgIpc) is 3.13. The van der Waals surface area contributed by atoms with Crippen LogP contribution < -0.4 is 20.1 Å². The van der Waals surface area contributed by atoms with Crippen molar-refractivity contribution in [2.75, 3.05) is 13.2 Å². The number of nitrogens with zero attached hydrogens (tertiary/aromatic N) is 1. The molecule has 0 saturated heterocycles. The number of alkyl halides is 2. The molecule has 0 atom stereocenters. The summed E-state index contributed by atoms with van der Waals surface area (Å²) in [7, 11) is 0. The number of benzene rings is 1. The fourth-order valence-electron chi connectivity index (χ4n) is 2.27. The van der Waals surface area contributed by atoms with Gasteiger partial charge in [0.15, 0.2) is 17.5 Å². The van der Waals surface area contributed by atoms with Crippen LogP contribution >= 0.6 is 24.0 Å². The van der Waals surface area contributed by atoms with E-state index >= 15 is 0 Å². The largest absolute Gasteiger partial charge is 0.490 e. The lowest BCUT2D eigenvalue weighted by Gasteiger charge is -2.15. The molecule has 0 bridgehead atoms. The van der Waals surface area contributed by atoms with Gasteiger partial charge in [0, 0.05) is 12.1 Å². The van der Waals surface area contributed by atoms with Gasteiger partial charge in [-0.05, 0) is 32.0 Å². The molecule has 0 radical (unpaired) electrons. The molecule has 0 aliphatic carbocycles. The molecule has 27 heavy (non-hydrogen) atoms. The lowest BCUT2D eigenvalue weighted by atomic mass is 10.2. The molecule has 0 aliphatic heterocycles. The molecule has 0 spiro atoms. The Labute approximate surface area is 174 Å². The van der Waals surface area contributed by atoms with Crippen LogP contribution in [0.4, 0.5) is 8.78 Å². The first-order valence-corrected chi connectivity index (χ1v) is 8.38. The van der Waals surface area contributed by atoms with Gasteiger partial charge in [-0.25, -0.2) is 4.99 Å². The highest BCUT2D eigenvalue weighted by Gasteiger charge is 2.15. The van der Waals surface area contributed by atoms with Crippen molar-refractivity contribution in [2.24, 2.45) is 4.99 Å². The highest BCUT2D eigenvalue weighted by Crippen LogP contribution is 2.33. The first-order chi connectivity index (χ1) is 12.6. The van der Waals surface area contributed by atoms with E-state index in [1.54, 1.807) is 37.5 Å². The summed E-state index contributed by atoms with van der Waals surface area (Å²) in [5.41, 5.74) is 0.506. The van der Waals surface area contributed by atoms with Gasteiger partial charge in [-0.3, -0.25) is 0 Å². The molecular formula is C18H24F2IN3O3. The zero-order valence-corrected chi connectivity index (χ0v) is 17.5. The van der Waals surface area contributed by atoms with E-state index in [1.165, 1.54) is 0 Å². The van der Waals surface area contributed by atoms with Crippen LogP contribution in [0.2, 0.25) is 0 Å². The first kappa shape index (κ1) is 23.0. The molecule has 1 aromatic carbocycles. The summed E-state index contributed by atoms with van der Waals surface area (Å²) < 4.78 is 40.8. The van der Waals surface area contributed by atoms with E-state index in [1.807, 2.05) is 13.0 Å². The van der Waals surface area contributed by atoms with Gasteiger partial charge in [-0.2, -0.15) is 8.78 Å². The Kier molecular flexibility index (Phi) is 10.5. The zero-order chi connectivity index (χ0) is 18.8. The molecule has 0 aliphatic rings. The van der Waals surface area contributed by atoms with E-state index in [9.17, 15) is 8.78 Å². The summed E-state index contributed by atoms with van der Waals surface area (Å²) in [5, 5.41) is 6.21. The molecular weight excluding hydrogens is 471 g/mol. The molecule has 1 heterocycles. The maximum Gasteiger partial charge on any atom is 0.387 e. The standard InChI is InChI=1S/C18H23F2N3O3.HI/c1-3-21-18(23-12-14-8-6-10-25-14)22-11-13-7-5-9-15(24-4-2)16(13)26-17(19)20;/h5-10,17H,3-4,11-12H2,1-2H3,(H2,21,22,23);1H. The van der Waals surface area contributed by atoms with Crippen molar-refractivity contribution in [3.8, 4) is 11.5 Å². The van der Waals surface area contributed by atoms with Crippen LogP contribution in [0.25, 0.3) is 0 Å². The number of rotatable bonds is 9. The van der Waals surface area contributed by atoms with Crippen LogP contribution in [0, 0.1) is 0 Å². The summed E-state index contributed by atoms with van der Waals surface area (Å²) >= 11 is 0. The number of ether oxygens (including phenoxy) is 2. The molecule has 2 N–H and O–H groups in total. The van der Waals surface area contributed by atoms with Gasteiger partial charge in [0.25, 0.3) is 0 Å². The Morgan fingerprint density at radius 2 is 2.00 bits per heavy atom. The van der Waals surface area contributed by atoms with Crippen LogP contribution in [-0.4, -0.2) is 25.7 Å². The third-order valence-electron chi connectivity index (χ3n) is 3.33. The van der Waals surface area contributed by atoms with E-state index in [0.717, 1.165) is 5.76 Å². The predicted molar refractivity (Wildman–Crippen MR) is 110 cm³/mol. The summed E-state index contributed by atoms with van der Waals surface area (Å²) in [5.74, 6) is 1.58. The summed E-state index contributed by atoms with van der Waals surface area (Å²) in [6.45, 7) is 2.38. The number of nitrogens with one attached hydrogen (secondary N) is 2. The van der Waals surface area contributed by atoms with Crippen molar-refractivity contribution in [2.45, 2.75) is 33.5 Å². The van der Waals surface area contributed by atoms with E-state index in [2.05, 4.69) is 20.4 Å². The second kappa shape index (κ2) is 12.4. The maximum absolute atomic E-state index is 12.8. The van der Waals surface area contributed by atoms with Crippen molar-refractivity contribution >= 4 is 29.9 Å². The van der Waals surface area contributed by atoms with Gasteiger partial charge >= 0.3 is 6.61 Å². The average molecular weight is 495 g/mol. The fourth-order valence-corrected chi connectivity index (χ4v) is 2.27. The molecule has 2 aromatic rings. The highest BCUT2D eigenvalue weighted by atomic mass is 127. The monoisotopic (exact) mass is 495 g/mol. The van der Waals surface area contributed by atoms with Crippen molar-refractivity contribution in [3.05, 3.63) is 47.9 Å². The van der Waals surface area contributed by atoms with Crippen LogP contribution in [0.1, 0.15) is 25.2 Å². The molecule has 6 nitrogen and oxygen atoms in total. The van der Waals surface area contributed by atoms with Crippen LogP contribution in [0.5, 0.6) is 11.5 Å². The van der Waals surface area contributed by atoms with E-state index < -0.39 is 6.61 Å². The van der Waals surface area contributed by atoms with Gasteiger partial charge in [0.1, 0.15) is 5.76 Å². The SMILES string of the molecule is CCNC(=NCc1cccc(OCC)c1OC(F)F)NCc1ccco1.I. The zero-order valence-electron chi connectivity index (χ0n) is 15.2. The Balaban J connectivity index is 0.00000364. The Morgan fingerprint density at radius 3 is 2.63 bits per heavy atom. The number of hydrogen-bond acceptors (Lipinski definition) is 4. The molecule has 0 amide bonds. The molecule has 2 rings (SSSR count). The second-order valence-corrected chi connectivity index (χ2v) is 5.18. The number of hydrogen-bond donors (Lipinski definition) is 2. The molecule has 1 aromatic heterocycles. The third kappa shape index (κ3) is 7.61. The predicted octanol–water partition coefficient (Wildman–Crippen LogP) is 4.15. The molecule has 0 fully saturated rings. The van der Waals surface area contributed by atoms with Crippen molar-refractivity contribution in [1.29, 1.82) is 0 Å². The van der Waals surface area contributed by atoms with E-state index in [4.69, 9.17) is 9.15 Å². The minimum atomic E-state index is -2.94. The molecule has 0 unspecified atom stereocenters.